The molecule has 3 aromatic carbocycles. The predicted octanol–water partition coefficient (Wildman–Crippen LogP) is 6.39. The minimum atomic E-state index is -0.616. The second kappa shape index (κ2) is 10.9. The van der Waals surface area contributed by atoms with Gasteiger partial charge in [0.15, 0.2) is 0 Å². The fraction of sp³-hybridized carbons (Fsp3) is 0.0800. The second-order valence-electron chi connectivity index (χ2n) is 7.42. The highest BCUT2D eigenvalue weighted by Gasteiger charge is 2.36. The van der Waals surface area contributed by atoms with Gasteiger partial charge in [-0.05, 0) is 78.0 Å². The predicted molar refractivity (Wildman–Crippen MR) is 135 cm³/mol. The topological polar surface area (TPSA) is 75.7 Å². The second-order valence-corrected chi connectivity index (χ2v) is 9.29. The molecule has 4 rings (SSSR count). The maximum absolute atomic E-state index is 13.0. The van der Waals surface area contributed by atoms with Crippen molar-refractivity contribution in [1.82, 2.24) is 4.90 Å². The lowest BCUT2D eigenvalue weighted by Crippen LogP contribution is -2.36. The van der Waals surface area contributed by atoms with Gasteiger partial charge in [-0.2, -0.15) is 0 Å². The van der Waals surface area contributed by atoms with Crippen molar-refractivity contribution < 1.29 is 23.5 Å². The van der Waals surface area contributed by atoms with Crippen LogP contribution >= 0.6 is 35.0 Å². The number of halogens is 3. The van der Waals surface area contributed by atoms with E-state index in [4.69, 9.17) is 27.9 Å². The number of carbonyl (C=O) groups is 3. The van der Waals surface area contributed by atoms with Crippen LogP contribution in [0.3, 0.4) is 0 Å². The third kappa shape index (κ3) is 6.42. The molecule has 3 aromatic rings. The minimum absolute atomic E-state index is 0.124. The van der Waals surface area contributed by atoms with Gasteiger partial charge < -0.3 is 10.1 Å². The molecule has 6 nitrogen and oxygen atoms in total. The van der Waals surface area contributed by atoms with E-state index in [1.165, 1.54) is 30.3 Å². The molecule has 1 fully saturated rings. The molecular formula is C25H17Cl2FN2O4S. The average Bonchev–Trinajstić information content (AvgIpc) is 3.07. The number of nitrogens with zero attached hydrogens (tertiary/aromatic N) is 1. The van der Waals surface area contributed by atoms with Crippen molar-refractivity contribution >= 4 is 63.8 Å². The van der Waals surface area contributed by atoms with Gasteiger partial charge in [0.1, 0.15) is 24.7 Å². The first-order valence-corrected chi connectivity index (χ1v) is 11.8. The first-order valence-electron chi connectivity index (χ1n) is 10.3. The van der Waals surface area contributed by atoms with Crippen molar-refractivity contribution in [2.24, 2.45) is 0 Å². The molecule has 1 saturated heterocycles. The van der Waals surface area contributed by atoms with Gasteiger partial charge >= 0.3 is 0 Å². The van der Waals surface area contributed by atoms with Crippen LogP contribution in [0.5, 0.6) is 5.75 Å². The summed E-state index contributed by atoms with van der Waals surface area (Å²) in [6.07, 6.45) is 1.50. The Kier molecular flexibility index (Phi) is 7.75. The molecule has 0 radical (unpaired) electrons. The van der Waals surface area contributed by atoms with Crippen LogP contribution in [-0.2, 0) is 16.2 Å². The summed E-state index contributed by atoms with van der Waals surface area (Å²) in [5, 5.41) is 2.95. The van der Waals surface area contributed by atoms with E-state index in [1.807, 2.05) is 12.1 Å². The van der Waals surface area contributed by atoms with Crippen LogP contribution in [0, 0.1) is 5.82 Å². The fourth-order valence-corrected chi connectivity index (χ4v) is 4.43. The molecule has 1 heterocycles. The van der Waals surface area contributed by atoms with Crippen LogP contribution < -0.4 is 10.1 Å². The van der Waals surface area contributed by atoms with Gasteiger partial charge in [0.05, 0.1) is 4.91 Å². The molecule has 35 heavy (non-hydrogen) atoms. The van der Waals surface area contributed by atoms with E-state index in [1.54, 1.807) is 30.3 Å². The van der Waals surface area contributed by atoms with E-state index in [-0.39, 0.29) is 11.5 Å². The fourth-order valence-electron chi connectivity index (χ4n) is 3.21. The van der Waals surface area contributed by atoms with Crippen molar-refractivity contribution in [3.05, 3.63) is 98.6 Å². The standard InChI is InChI=1S/C25H17Cl2FN2O4S/c26-17-3-1-2-15(10-17)14-34-21-9-4-18(27)11-16(21)12-22-24(32)30(25(33)35-22)13-23(31)29-20-7-5-19(28)6-8-20/h1-12H,13-14H2,(H,29,31)/b22-12+. The molecule has 0 saturated carbocycles. The number of nitrogens with one attached hydrogen (secondary N) is 1. The Hall–Kier alpha value is -3.33. The molecule has 0 unspecified atom stereocenters. The number of anilines is 1. The van der Waals surface area contributed by atoms with Crippen molar-refractivity contribution in [2.75, 3.05) is 11.9 Å². The zero-order valence-corrected chi connectivity index (χ0v) is 20.3. The molecule has 0 atom stereocenters. The van der Waals surface area contributed by atoms with Crippen molar-refractivity contribution in [2.45, 2.75) is 6.61 Å². The number of hydrogen-bond donors (Lipinski definition) is 1. The van der Waals surface area contributed by atoms with E-state index < -0.39 is 29.4 Å². The monoisotopic (exact) mass is 530 g/mol. The lowest BCUT2D eigenvalue weighted by Gasteiger charge is -2.12. The molecule has 0 spiro atoms. The molecule has 1 aliphatic heterocycles. The number of hydrogen-bond acceptors (Lipinski definition) is 5. The van der Waals surface area contributed by atoms with E-state index in [0.717, 1.165) is 10.5 Å². The van der Waals surface area contributed by atoms with Gasteiger partial charge in [-0.15, -0.1) is 0 Å². The normalized spacial score (nSPS) is 14.5. The number of ether oxygens (including phenoxy) is 1. The summed E-state index contributed by atoms with van der Waals surface area (Å²) < 4.78 is 18.9. The van der Waals surface area contributed by atoms with Crippen LogP contribution in [-0.4, -0.2) is 28.5 Å². The molecule has 1 aliphatic rings. The summed E-state index contributed by atoms with van der Waals surface area (Å²) in [6, 6.07) is 17.3. The van der Waals surface area contributed by atoms with Crippen LogP contribution in [0.4, 0.5) is 14.9 Å². The van der Waals surface area contributed by atoms with E-state index in [2.05, 4.69) is 5.32 Å². The summed E-state index contributed by atoms with van der Waals surface area (Å²) in [4.78, 5) is 38.6. The molecular weight excluding hydrogens is 514 g/mol. The highest BCUT2D eigenvalue weighted by atomic mass is 35.5. The van der Waals surface area contributed by atoms with E-state index in [9.17, 15) is 18.8 Å². The van der Waals surface area contributed by atoms with E-state index in [0.29, 0.717) is 38.8 Å². The zero-order valence-electron chi connectivity index (χ0n) is 18.0. The van der Waals surface area contributed by atoms with Gasteiger partial charge in [-0.1, -0.05) is 35.3 Å². The molecule has 0 aliphatic carbocycles. The summed E-state index contributed by atoms with van der Waals surface area (Å²) in [5.74, 6) is -1.20. The minimum Gasteiger partial charge on any atom is -0.488 e. The highest BCUT2D eigenvalue weighted by Crippen LogP contribution is 2.35. The van der Waals surface area contributed by atoms with Gasteiger partial charge in [0.2, 0.25) is 5.91 Å². The highest BCUT2D eigenvalue weighted by molar-refractivity contribution is 8.18. The summed E-state index contributed by atoms with van der Waals surface area (Å²) >= 11 is 12.9. The van der Waals surface area contributed by atoms with Gasteiger partial charge in [0, 0.05) is 21.3 Å². The first-order chi connectivity index (χ1) is 16.8. The number of carbonyl (C=O) groups excluding carboxylic acids is 3. The van der Waals surface area contributed by atoms with Crippen molar-refractivity contribution in [3.63, 3.8) is 0 Å². The summed E-state index contributed by atoms with van der Waals surface area (Å²) in [6.45, 7) is -0.249. The number of benzene rings is 3. The number of imide groups is 1. The largest absolute Gasteiger partial charge is 0.488 e. The van der Waals surface area contributed by atoms with E-state index >= 15 is 0 Å². The van der Waals surface area contributed by atoms with Crippen LogP contribution in [0.25, 0.3) is 6.08 Å². The Balaban J connectivity index is 1.48. The van der Waals surface area contributed by atoms with Gasteiger partial charge in [-0.3, -0.25) is 19.3 Å². The first kappa shape index (κ1) is 24.8. The lowest BCUT2D eigenvalue weighted by molar-refractivity contribution is -0.127. The molecule has 10 heteroatoms. The number of amides is 3. The van der Waals surface area contributed by atoms with Crippen molar-refractivity contribution in [3.8, 4) is 5.75 Å². The SMILES string of the molecule is O=C(CN1C(=O)S/C(=C/c2cc(Cl)ccc2OCc2cccc(Cl)c2)C1=O)Nc1ccc(F)cc1. The number of rotatable bonds is 7. The van der Waals surface area contributed by atoms with Crippen LogP contribution in [0.15, 0.2) is 71.6 Å². The lowest BCUT2D eigenvalue weighted by atomic mass is 10.1. The Morgan fingerprint density at radius 3 is 2.51 bits per heavy atom. The average molecular weight is 531 g/mol. The van der Waals surface area contributed by atoms with Crippen LogP contribution in [0.2, 0.25) is 10.0 Å². The third-order valence-electron chi connectivity index (χ3n) is 4.85. The van der Waals surface area contributed by atoms with Crippen molar-refractivity contribution in [1.29, 1.82) is 0 Å². The Labute approximate surface area is 214 Å². The smallest absolute Gasteiger partial charge is 0.294 e. The Morgan fingerprint density at radius 1 is 1.03 bits per heavy atom. The summed E-state index contributed by atoms with van der Waals surface area (Å²) in [5.41, 5.74) is 1.70. The maximum atomic E-state index is 13.0. The Morgan fingerprint density at radius 2 is 1.77 bits per heavy atom. The summed E-state index contributed by atoms with van der Waals surface area (Å²) in [7, 11) is 0. The molecule has 178 valence electrons. The zero-order chi connectivity index (χ0) is 24.9. The molecule has 3 amide bonds. The van der Waals surface area contributed by atoms with Crippen LogP contribution in [0.1, 0.15) is 11.1 Å². The molecule has 0 bridgehead atoms. The Bertz CT molecular complexity index is 1330. The van der Waals surface area contributed by atoms with Gasteiger partial charge in [0.25, 0.3) is 11.1 Å². The quantitative estimate of drug-likeness (QED) is 0.358. The maximum Gasteiger partial charge on any atom is 0.294 e. The van der Waals surface area contributed by atoms with Gasteiger partial charge in [-0.25, -0.2) is 4.39 Å². The third-order valence-corrected chi connectivity index (χ3v) is 6.22. The molecule has 1 N–H and O–H groups in total. The number of thioether (sulfide) groups is 1. The molecule has 0 aromatic heterocycles.